The van der Waals surface area contributed by atoms with E-state index in [4.69, 9.17) is 0 Å². The predicted molar refractivity (Wildman–Crippen MR) is 69.9 cm³/mol. The highest BCUT2D eigenvalue weighted by atomic mass is 15.3. The van der Waals surface area contributed by atoms with E-state index >= 15 is 0 Å². The Hall–Kier alpha value is -0.970. The van der Waals surface area contributed by atoms with Crippen molar-refractivity contribution in [2.75, 3.05) is 40.3 Å². The first kappa shape index (κ1) is 12.5. The van der Waals surface area contributed by atoms with Crippen molar-refractivity contribution in [3.8, 4) is 0 Å². The van der Waals surface area contributed by atoms with Crippen LogP contribution in [-0.2, 0) is 6.54 Å². The molecule has 4 nitrogen and oxygen atoms in total. The summed E-state index contributed by atoms with van der Waals surface area (Å²) < 4.78 is 0. The highest BCUT2D eigenvalue weighted by molar-refractivity contribution is 5.04. The molecule has 94 valence electrons. The number of hydrogen-bond acceptors (Lipinski definition) is 4. The van der Waals surface area contributed by atoms with Crippen LogP contribution in [0.25, 0.3) is 0 Å². The molecular weight excluding hydrogens is 212 g/mol. The fraction of sp³-hybridized carbons (Fsp3) is 0.615. The first-order chi connectivity index (χ1) is 8.25. The SMILES string of the molecule is CN(C)CC1CNCCN1Cc1ccccn1. The molecule has 1 N–H and O–H groups in total. The molecule has 0 bridgehead atoms. The van der Waals surface area contributed by atoms with Crippen LogP contribution in [0.1, 0.15) is 5.69 Å². The minimum atomic E-state index is 0.584. The van der Waals surface area contributed by atoms with Gasteiger partial charge >= 0.3 is 0 Å². The van der Waals surface area contributed by atoms with Crippen LogP contribution in [0.4, 0.5) is 0 Å². The maximum atomic E-state index is 4.41. The minimum absolute atomic E-state index is 0.584. The molecule has 0 aliphatic carbocycles. The summed E-state index contributed by atoms with van der Waals surface area (Å²) in [5.74, 6) is 0. The quantitative estimate of drug-likeness (QED) is 0.818. The molecule has 1 atom stereocenters. The molecule has 2 heterocycles. The number of rotatable bonds is 4. The summed E-state index contributed by atoms with van der Waals surface area (Å²) in [6.45, 7) is 5.32. The van der Waals surface area contributed by atoms with Crippen LogP contribution in [0, 0.1) is 0 Å². The maximum absolute atomic E-state index is 4.41. The molecule has 0 amide bonds. The van der Waals surface area contributed by atoms with Crippen molar-refractivity contribution in [2.24, 2.45) is 0 Å². The Morgan fingerprint density at radius 1 is 1.47 bits per heavy atom. The third-order valence-corrected chi connectivity index (χ3v) is 3.14. The number of likely N-dealkylation sites (N-methyl/N-ethyl adjacent to an activating group) is 1. The first-order valence-corrected chi connectivity index (χ1v) is 6.25. The van der Waals surface area contributed by atoms with Crippen molar-refractivity contribution in [1.29, 1.82) is 0 Å². The average Bonchev–Trinajstić information content (AvgIpc) is 2.32. The van der Waals surface area contributed by atoms with Gasteiger partial charge < -0.3 is 10.2 Å². The summed E-state index contributed by atoms with van der Waals surface area (Å²) in [7, 11) is 4.26. The smallest absolute Gasteiger partial charge is 0.0544 e. The lowest BCUT2D eigenvalue weighted by Crippen LogP contribution is -2.54. The molecule has 1 aromatic rings. The van der Waals surface area contributed by atoms with Gasteiger partial charge in [-0.25, -0.2) is 0 Å². The molecule has 0 aromatic carbocycles. The standard InChI is InChI=1S/C13H22N4/c1-16(2)11-13-9-14-7-8-17(13)10-12-5-3-4-6-15-12/h3-6,13-14H,7-11H2,1-2H3. The minimum Gasteiger partial charge on any atom is -0.314 e. The second-order valence-electron chi connectivity index (χ2n) is 4.91. The van der Waals surface area contributed by atoms with Gasteiger partial charge in [0.15, 0.2) is 0 Å². The van der Waals surface area contributed by atoms with E-state index in [2.05, 4.69) is 46.3 Å². The van der Waals surface area contributed by atoms with Crippen molar-refractivity contribution < 1.29 is 0 Å². The highest BCUT2D eigenvalue weighted by Crippen LogP contribution is 2.09. The van der Waals surface area contributed by atoms with Crippen LogP contribution in [-0.4, -0.2) is 61.1 Å². The van der Waals surface area contributed by atoms with Crippen molar-refractivity contribution >= 4 is 0 Å². The van der Waals surface area contributed by atoms with Gasteiger partial charge in [0.2, 0.25) is 0 Å². The van der Waals surface area contributed by atoms with Gasteiger partial charge in [0.1, 0.15) is 0 Å². The van der Waals surface area contributed by atoms with E-state index in [0.717, 1.165) is 38.4 Å². The monoisotopic (exact) mass is 234 g/mol. The first-order valence-electron chi connectivity index (χ1n) is 6.25. The van der Waals surface area contributed by atoms with Gasteiger partial charge in [0, 0.05) is 45.0 Å². The third-order valence-electron chi connectivity index (χ3n) is 3.14. The van der Waals surface area contributed by atoms with Gasteiger partial charge in [0.05, 0.1) is 5.69 Å². The fourth-order valence-corrected chi connectivity index (χ4v) is 2.31. The van der Waals surface area contributed by atoms with Gasteiger partial charge in [-0.2, -0.15) is 0 Å². The molecule has 0 saturated carbocycles. The van der Waals surface area contributed by atoms with Gasteiger partial charge in [-0.05, 0) is 26.2 Å². The highest BCUT2D eigenvalue weighted by Gasteiger charge is 2.22. The zero-order chi connectivity index (χ0) is 12.1. The summed E-state index contributed by atoms with van der Waals surface area (Å²) >= 11 is 0. The zero-order valence-corrected chi connectivity index (χ0v) is 10.8. The lowest BCUT2D eigenvalue weighted by Gasteiger charge is -2.37. The van der Waals surface area contributed by atoms with Crippen LogP contribution in [0.5, 0.6) is 0 Å². The summed E-state index contributed by atoms with van der Waals surface area (Å²) in [4.78, 5) is 9.19. The van der Waals surface area contributed by atoms with Crippen molar-refractivity contribution in [1.82, 2.24) is 20.1 Å². The second kappa shape index (κ2) is 6.10. The lowest BCUT2D eigenvalue weighted by molar-refractivity contribution is 0.125. The van der Waals surface area contributed by atoms with Crippen LogP contribution in [0.3, 0.4) is 0 Å². The molecule has 1 fully saturated rings. The molecule has 4 heteroatoms. The molecule has 1 saturated heterocycles. The van der Waals surface area contributed by atoms with Crippen LogP contribution in [0.2, 0.25) is 0 Å². The van der Waals surface area contributed by atoms with Crippen LogP contribution >= 0.6 is 0 Å². The molecule has 2 rings (SSSR count). The lowest BCUT2D eigenvalue weighted by atomic mass is 10.1. The van der Waals surface area contributed by atoms with Crippen LogP contribution in [0.15, 0.2) is 24.4 Å². The number of nitrogens with zero attached hydrogens (tertiary/aromatic N) is 3. The Balaban J connectivity index is 1.96. The van der Waals surface area contributed by atoms with E-state index in [1.807, 2.05) is 12.3 Å². The number of nitrogens with one attached hydrogen (secondary N) is 1. The molecule has 1 aliphatic heterocycles. The Kier molecular flexibility index (Phi) is 4.48. The van der Waals surface area contributed by atoms with Crippen molar-refractivity contribution in [2.45, 2.75) is 12.6 Å². The normalized spacial score (nSPS) is 21.9. The van der Waals surface area contributed by atoms with Gasteiger partial charge in [-0.1, -0.05) is 6.07 Å². The topological polar surface area (TPSA) is 31.4 Å². The van der Waals surface area contributed by atoms with E-state index < -0.39 is 0 Å². The Labute approximate surface area is 104 Å². The predicted octanol–water partition coefficient (Wildman–Crippen LogP) is 0.417. The molecule has 1 aromatic heterocycles. The number of hydrogen-bond donors (Lipinski definition) is 1. The molecule has 0 radical (unpaired) electrons. The fourth-order valence-electron chi connectivity index (χ4n) is 2.31. The average molecular weight is 234 g/mol. The third kappa shape index (κ3) is 3.77. The number of pyridine rings is 1. The largest absolute Gasteiger partial charge is 0.314 e. The number of aromatic nitrogens is 1. The van der Waals surface area contributed by atoms with E-state index in [1.165, 1.54) is 0 Å². The summed E-state index contributed by atoms with van der Waals surface area (Å²) in [5, 5.41) is 3.47. The number of piperazine rings is 1. The molecule has 1 aliphatic rings. The summed E-state index contributed by atoms with van der Waals surface area (Å²) in [6.07, 6.45) is 1.87. The Bertz CT molecular complexity index is 325. The van der Waals surface area contributed by atoms with Crippen molar-refractivity contribution in [3.63, 3.8) is 0 Å². The summed E-state index contributed by atoms with van der Waals surface area (Å²) in [6, 6.07) is 6.72. The molecule has 17 heavy (non-hydrogen) atoms. The van der Waals surface area contributed by atoms with E-state index in [-0.39, 0.29) is 0 Å². The van der Waals surface area contributed by atoms with E-state index in [9.17, 15) is 0 Å². The second-order valence-corrected chi connectivity index (χ2v) is 4.91. The van der Waals surface area contributed by atoms with Crippen LogP contribution < -0.4 is 5.32 Å². The van der Waals surface area contributed by atoms with Gasteiger partial charge in [0.25, 0.3) is 0 Å². The van der Waals surface area contributed by atoms with E-state index in [0.29, 0.717) is 6.04 Å². The summed E-state index contributed by atoms with van der Waals surface area (Å²) in [5.41, 5.74) is 1.16. The molecular formula is C13H22N4. The van der Waals surface area contributed by atoms with Crippen molar-refractivity contribution in [3.05, 3.63) is 30.1 Å². The van der Waals surface area contributed by atoms with Gasteiger partial charge in [-0.3, -0.25) is 9.88 Å². The van der Waals surface area contributed by atoms with Gasteiger partial charge in [-0.15, -0.1) is 0 Å². The molecule has 0 spiro atoms. The molecule has 1 unspecified atom stereocenters. The van der Waals surface area contributed by atoms with E-state index in [1.54, 1.807) is 0 Å². The zero-order valence-electron chi connectivity index (χ0n) is 10.8. The Morgan fingerprint density at radius 2 is 2.35 bits per heavy atom. The maximum Gasteiger partial charge on any atom is 0.0544 e. The Morgan fingerprint density at radius 3 is 3.06 bits per heavy atom.